The summed E-state index contributed by atoms with van der Waals surface area (Å²) in [7, 11) is 0. The van der Waals surface area contributed by atoms with E-state index in [1.54, 1.807) is 0 Å². The van der Waals surface area contributed by atoms with Crippen molar-refractivity contribution in [1.29, 1.82) is 0 Å². The molecule has 0 saturated carbocycles. The minimum Gasteiger partial charge on any atom is -0.338 e. The molecule has 22 heavy (non-hydrogen) atoms. The topological polar surface area (TPSA) is 37.6 Å². The van der Waals surface area contributed by atoms with Crippen LogP contribution in [0, 0.1) is 6.92 Å². The number of carbonyl (C=O) groups is 1. The molecule has 2 aromatic heterocycles. The predicted octanol–water partition coefficient (Wildman–Crippen LogP) is 3.61. The molecule has 1 amide bonds. The van der Waals surface area contributed by atoms with Gasteiger partial charge < -0.3 is 4.90 Å². The van der Waals surface area contributed by atoms with Crippen LogP contribution in [0.15, 0.2) is 36.5 Å². The van der Waals surface area contributed by atoms with E-state index in [1.165, 1.54) is 11.3 Å². The summed E-state index contributed by atoms with van der Waals surface area (Å²) < 4.78 is 2.04. The third kappa shape index (κ3) is 2.13. The number of aryl methyl sites for hydroxylation is 1. The summed E-state index contributed by atoms with van der Waals surface area (Å²) >= 11 is 1.49. The normalized spacial score (nSPS) is 14.9. The van der Waals surface area contributed by atoms with E-state index in [0.717, 1.165) is 52.7 Å². The minimum atomic E-state index is 0.159. The number of nitrogens with zero attached hydrogens (tertiary/aromatic N) is 3. The summed E-state index contributed by atoms with van der Waals surface area (Å²) in [5.41, 5.74) is 3.05. The highest BCUT2D eigenvalue weighted by atomic mass is 32.1. The van der Waals surface area contributed by atoms with Gasteiger partial charge in [-0.1, -0.05) is 41.7 Å². The molecule has 0 bridgehead atoms. The SMILES string of the molecule is Cc1c(C(=O)N2CCCC2)sc2nc(-c3ccccc3)cn12. The zero-order valence-electron chi connectivity index (χ0n) is 12.5. The van der Waals surface area contributed by atoms with Crippen LogP contribution in [0.4, 0.5) is 0 Å². The molecule has 1 aromatic carbocycles. The van der Waals surface area contributed by atoms with Crippen LogP contribution < -0.4 is 0 Å². The molecule has 1 aliphatic rings. The molecule has 3 heterocycles. The van der Waals surface area contributed by atoms with Gasteiger partial charge in [0.05, 0.1) is 5.69 Å². The predicted molar refractivity (Wildman–Crippen MR) is 88.4 cm³/mol. The second-order valence-electron chi connectivity index (χ2n) is 5.66. The average molecular weight is 311 g/mol. The molecule has 1 fully saturated rings. The number of carbonyl (C=O) groups excluding carboxylic acids is 1. The Kier molecular flexibility index (Phi) is 3.22. The lowest BCUT2D eigenvalue weighted by Gasteiger charge is -2.14. The number of aromatic nitrogens is 2. The Bertz CT molecular complexity index is 828. The Labute approximate surface area is 133 Å². The minimum absolute atomic E-state index is 0.159. The van der Waals surface area contributed by atoms with Crippen molar-refractivity contribution in [3.8, 4) is 11.3 Å². The van der Waals surface area contributed by atoms with E-state index in [9.17, 15) is 4.79 Å². The van der Waals surface area contributed by atoms with Crippen molar-refractivity contribution in [3.05, 3.63) is 47.1 Å². The van der Waals surface area contributed by atoms with E-state index in [4.69, 9.17) is 0 Å². The molecule has 1 aliphatic heterocycles. The van der Waals surface area contributed by atoms with Gasteiger partial charge in [0.15, 0.2) is 4.96 Å². The molecule has 112 valence electrons. The highest BCUT2D eigenvalue weighted by Gasteiger charge is 2.24. The van der Waals surface area contributed by atoms with Crippen LogP contribution in [0.1, 0.15) is 28.2 Å². The van der Waals surface area contributed by atoms with Crippen molar-refractivity contribution in [1.82, 2.24) is 14.3 Å². The van der Waals surface area contributed by atoms with Crippen LogP contribution in [-0.2, 0) is 0 Å². The summed E-state index contributed by atoms with van der Waals surface area (Å²) in [5.74, 6) is 0.159. The maximum absolute atomic E-state index is 12.6. The average Bonchev–Trinajstić information content (AvgIpc) is 3.25. The molecule has 0 radical (unpaired) electrons. The number of amides is 1. The van der Waals surface area contributed by atoms with E-state index in [0.29, 0.717) is 0 Å². The summed E-state index contributed by atoms with van der Waals surface area (Å²) in [6, 6.07) is 10.1. The van der Waals surface area contributed by atoms with Crippen molar-refractivity contribution in [2.24, 2.45) is 0 Å². The summed E-state index contributed by atoms with van der Waals surface area (Å²) in [6.45, 7) is 3.77. The van der Waals surface area contributed by atoms with Crippen molar-refractivity contribution in [3.63, 3.8) is 0 Å². The first-order chi connectivity index (χ1) is 10.7. The Morgan fingerprint density at radius 3 is 2.59 bits per heavy atom. The molecule has 0 N–H and O–H groups in total. The number of imidazole rings is 1. The molecule has 4 rings (SSSR count). The second-order valence-corrected chi connectivity index (χ2v) is 6.64. The number of thiazole rings is 1. The number of hydrogen-bond acceptors (Lipinski definition) is 3. The van der Waals surface area contributed by atoms with Crippen LogP contribution in [0.3, 0.4) is 0 Å². The molecule has 0 unspecified atom stereocenters. The fraction of sp³-hybridized carbons (Fsp3) is 0.294. The van der Waals surface area contributed by atoms with Gasteiger partial charge in [-0.3, -0.25) is 9.20 Å². The molecule has 4 nitrogen and oxygen atoms in total. The molecule has 0 spiro atoms. The van der Waals surface area contributed by atoms with Crippen molar-refractivity contribution in [2.75, 3.05) is 13.1 Å². The zero-order valence-corrected chi connectivity index (χ0v) is 13.3. The van der Waals surface area contributed by atoms with Crippen LogP contribution >= 0.6 is 11.3 Å². The van der Waals surface area contributed by atoms with Gasteiger partial charge in [0, 0.05) is 30.5 Å². The largest absolute Gasteiger partial charge is 0.338 e. The first-order valence-corrected chi connectivity index (χ1v) is 8.39. The quantitative estimate of drug-likeness (QED) is 0.725. The summed E-state index contributed by atoms with van der Waals surface area (Å²) in [5, 5.41) is 0. The number of likely N-dealkylation sites (tertiary alicyclic amines) is 1. The smallest absolute Gasteiger partial charge is 0.265 e. The summed E-state index contributed by atoms with van der Waals surface area (Å²) in [4.78, 5) is 20.9. The highest BCUT2D eigenvalue weighted by Crippen LogP contribution is 2.28. The van der Waals surface area contributed by atoms with Crippen LogP contribution in [0.2, 0.25) is 0 Å². The third-order valence-corrected chi connectivity index (χ3v) is 5.36. The lowest BCUT2D eigenvalue weighted by molar-refractivity contribution is 0.0796. The Balaban J connectivity index is 1.73. The highest BCUT2D eigenvalue weighted by molar-refractivity contribution is 7.19. The molecular weight excluding hydrogens is 294 g/mol. The molecule has 0 atom stereocenters. The Morgan fingerprint density at radius 1 is 1.18 bits per heavy atom. The Hall–Kier alpha value is -2.14. The van der Waals surface area contributed by atoms with Crippen molar-refractivity contribution in [2.45, 2.75) is 19.8 Å². The number of fused-ring (bicyclic) bond motifs is 1. The van der Waals surface area contributed by atoms with Gasteiger partial charge in [0.25, 0.3) is 5.91 Å². The summed E-state index contributed by atoms with van der Waals surface area (Å²) in [6.07, 6.45) is 4.26. The van der Waals surface area contributed by atoms with Gasteiger partial charge in [-0.2, -0.15) is 0 Å². The zero-order chi connectivity index (χ0) is 15.1. The lowest BCUT2D eigenvalue weighted by atomic mass is 10.2. The van der Waals surface area contributed by atoms with Gasteiger partial charge >= 0.3 is 0 Å². The molecule has 0 aliphatic carbocycles. The first kappa shape index (κ1) is 13.5. The lowest BCUT2D eigenvalue weighted by Crippen LogP contribution is -2.27. The Morgan fingerprint density at radius 2 is 1.91 bits per heavy atom. The molecular formula is C17H17N3OS. The van der Waals surface area contributed by atoms with E-state index < -0.39 is 0 Å². The van der Waals surface area contributed by atoms with Crippen molar-refractivity contribution >= 4 is 22.2 Å². The van der Waals surface area contributed by atoms with Crippen LogP contribution in [0.25, 0.3) is 16.2 Å². The van der Waals surface area contributed by atoms with Crippen LogP contribution in [-0.4, -0.2) is 33.3 Å². The van der Waals surface area contributed by atoms with E-state index in [-0.39, 0.29) is 5.91 Å². The van der Waals surface area contributed by atoms with Crippen LogP contribution in [0.5, 0.6) is 0 Å². The van der Waals surface area contributed by atoms with Crippen molar-refractivity contribution < 1.29 is 4.79 Å². The van der Waals surface area contributed by atoms with E-state index in [2.05, 4.69) is 17.1 Å². The van der Waals surface area contributed by atoms with Gasteiger partial charge in [0.2, 0.25) is 0 Å². The maximum Gasteiger partial charge on any atom is 0.265 e. The number of hydrogen-bond donors (Lipinski definition) is 0. The van der Waals surface area contributed by atoms with Gasteiger partial charge in [-0.15, -0.1) is 0 Å². The fourth-order valence-electron chi connectivity index (χ4n) is 2.96. The van der Waals surface area contributed by atoms with Gasteiger partial charge in [-0.05, 0) is 19.8 Å². The van der Waals surface area contributed by atoms with E-state index in [1.807, 2.05) is 40.6 Å². The number of benzene rings is 1. The monoisotopic (exact) mass is 311 g/mol. The standard InChI is InChI=1S/C17H17N3OS/c1-12-15(16(21)19-9-5-6-10-19)22-17-18-14(11-20(12)17)13-7-3-2-4-8-13/h2-4,7-8,11H,5-6,9-10H2,1H3. The molecule has 1 saturated heterocycles. The van der Waals surface area contributed by atoms with Gasteiger partial charge in [-0.25, -0.2) is 4.98 Å². The fourth-order valence-corrected chi connectivity index (χ4v) is 4.04. The molecule has 3 aromatic rings. The first-order valence-electron chi connectivity index (χ1n) is 7.57. The second kappa shape index (κ2) is 5.25. The molecule has 5 heteroatoms. The number of rotatable bonds is 2. The van der Waals surface area contributed by atoms with Gasteiger partial charge in [0.1, 0.15) is 4.88 Å². The third-order valence-electron chi connectivity index (χ3n) is 4.21. The maximum atomic E-state index is 12.6. The van der Waals surface area contributed by atoms with E-state index >= 15 is 0 Å².